The Balaban J connectivity index is 0.00000324. The van der Waals surface area contributed by atoms with Crippen LogP contribution in [0.4, 0.5) is 0 Å². The quantitative estimate of drug-likeness (QED) is 0.658. The minimum absolute atomic E-state index is 0. The molecule has 0 aliphatic rings. The number of hydrogen-bond donors (Lipinski definition) is 2. The molecule has 1 aromatic rings. The Kier molecular flexibility index (Phi) is 7.44. The van der Waals surface area contributed by atoms with Gasteiger partial charge in [0.2, 0.25) is 5.88 Å². The van der Waals surface area contributed by atoms with Crippen molar-refractivity contribution in [3.05, 3.63) is 23.9 Å². The fraction of sp³-hybridized carbons (Fsp3) is 0.538. The molecule has 1 heterocycles. The maximum absolute atomic E-state index is 5.66. The van der Waals surface area contributed by atoms with Gasteiger partial charge in [-0.1, -0.05) is 6.07 Å². The number of nitrogens with one attached hydrogen (secondary N) is 2. The van der Waals surface area contributed by atoms with E-state index in [0.717, 1.165) is 11.5 Å². The Bertz CT molecular complexity index is 398. The van der Waals surface area contributed by atoms with Crippen molar-refractivity contribution in [1.29, 1.82) is 0 Å². The van der Waals surface area contributed by atoms with E-state index in [0.29, 0.717) is 12.4 Å². The molecule has 5 nitrogen and oxygen atoms in total. The van der Waals surface area contributed by atoms with Crippen LogP contribution in [0.1, 0.15) is 26.3 Å². The lowest BCUT2D eigenvalue weighted by molar-refractivity contribution is 0.124. The molecule has 0 bridgehead atoms. The van der Waals surface area contributed by atoms with Crippen molar-refractivity contribution in [3.8, 4) is 5.88 Å². The summed E-state index contributed by atoms with van der Waals surface area (Å²) >= 11 is 0. The van der Waals surface area contributed by atoms with Gasteiger partial charge >= 0.3 is 0 Å². The van der Waals surface area contributed by atoms with Gasteiger partial charge in [0.25, 0.3) is 0 Å². The van der Waals surface area contributed by atoms with Gasteiger partial charge in [0.15, 0.2) is 5.96 Å². The van der Waals surface area contributed by atoms with E-state index in [1.807, 2.05) is 40.0 Å². The van der Waals surface area contributed by atoms with Gasteiger partial charge in [0, 0.05) is 32.9 Å². The second-order valence-electron chi connectivity index (χ2n) is 4.89. The largest absolute Gasteiger partial charge is 0.472 e. The van der Waals surface area contributed by atoms with E-state index in [4.69, 9.17) is 4.74 Å². The van der Waals surface area contributed by atoms with Gasteiger partial charge in [0.1, 0.15) is 5.60 Å². The number of aromatic nitrogens is 1. The van der Waals surface area contributed by atoms with E-state index >= 15 is 0 Å². The second-order valence-corrected chi connectivity index (χ2v) is 4.89. The van der Waals surface area contributed by atoms with Crippen LogP contribution in [0.3, 0.4) is 0 Å². The predicted octanol–water partition coefficient (Wildman–Crippen LogP) is 2.13. The van der Waals surface area contributed by atoms with Crippen molar-refractivity contribution >= 4 is 22.9 Å². The van der Waals surface area contributed by atoms with Crippen molar-refractivity contribution in [3.63, 3.8) is 0 Å². The lowest BCUT2D eigenvalue weighted by Gasteiger charge is -2.20. The minimum atomic E-state index is -0.221. The van der Waals surface area contributed by atoms with Crippen LogP contribution in [0.15, 0.2) is 23.3 Å². The molecule has 0 atom stereocenters. The lowest BCUT2D eigenvalue weighted by atomic mass is 10.2. The lowest BCUT2D eigenvalue weighted by Crippen LogP contribution is -2.34. The maximum Gasteiger partial charge on any atom is 0.213 e. The normalized spacial score (nSPS) is 11.5. The zero-order chi connectivity index (χ0) is 13.6. The van der Waals surface area contributed by atoms with Gasteiger partial charge < -0.3 is 15.4 Å². The highest BCUT2D eigenvalue weighted by atomic mass is 79.9. The van der Waals surface area contributed by atoms with Gasteiger partial charge in [-0.3, -0.25) is 4.99 Å². The van der Waals surface area contributed by atoms with E-state index in [9.17, 15) is 0 Å². The zero-order valence-electron chi connectivity index (χ0n) is 12.2. The molecule has 0 saturated carbocycles. The summed E-state index contributed by atoms with van der Waals surface area (Å²) in [6.45, 7) is 6.68. The molecule has 0 saturated heterocycles. The van der Waals surface area contributed by atoms with Crippen molar-refractivity contribution < 1.29 is 4.74 Å². The van der Waals surface area contributed by atoms with Crippen LogP contribution >= 0.6 is 17.0 Å². The summed E-state index contributed by atoms with van der Waals surface area (Å²) in [6, 6.07) is 3.87. The number of guanidine groups is 1. The monoisotopic (exact) mass is 330 g/mol. The third-order valence-electron chi connectivity index (χ3n) is 2.13. The van der Waals surface area contributed by atoms with Gasteiger partial charge in [0.05, 0.1) is 0 Å². The second kappa shape index (κ2) is 7.99. The fourth-order valence-corrected chi connectivity index (χ4v) is 1.35. The number of ether oxygens (including phenoxy) is 1. The highest BCUT2D eigenvalue weighted by Gasteiger charge is 2.12. The predicted molar refractivity (Wildman–Crippen MR) is 84.2 cm³/mol. The molecule has 19 heavy (non-hydrogen) atoms. The van der Waals surface area contributed by atoms with Gasteiger partial charge in [-0.25, -0.2) is 4.98 Å². The molecule has 0 unspecified atom stereocenters. The molecule has 0 spiro atoms. The van der Waals surface area contributed by atoms with Crippen LogP contribution in [-0.2, 0) is 6.54 Å². The first-order valence-corrected chi connectivity index (χ1v) is 5.97. The first-order chi connectivity index (χ1) is 8.44. The Morgan fingerprint density at radius 3 is 2.47 bits per heavy atom. The van der Waals surface area contributed by atoms with E-state index in [2.05, 4.69) is 20.6 Å². The first kappa shape index (κ1) is 17.7. The summed E-state index contributed by atoms with van der Waals surface area (Å²) in [5.74, 6) is 1.40. The summed E-state index contributed by atoms with van der Waals surface area (Å²) in [5, 5.41) is 6.12. The van der Waals surface area contributed by atoms with Crippen LogP contribution in [-0.4, -0.2) is 30.6 Å². The first-order valence-electron chi connectivity index (χ1n) is 5.97. The number of nitrogens with zero attached hydrogens (tertiary/aromatic N) is 2. The molecule has 6 heteroatoms. The van der Waals surface area contributed by atoms with Crippen LogP contribution in [0.25, 0.3) is 0 Å². The molecule has 0 aliphatic carbocycles. The van der Waals surface area contributed by atoms with Crippen molar-refractivity contribution in [2.45, 2.75) is 32.9 Å². The number of hydrogen-bond acceptors (Lipinski definition) is 3. The topological polar surface area (TPSA) is 58.5 Å². The summed E-state index contributed by atoms with van der Waals surface area (Å²) in [6.07, 6.45) is 1.80. The number of halogens is 1. The highest BCUT2D eigenvalue weighted by Crippen LogP contribution is 2.15. The van der Waals surface area contributed by atoms with Crippen molar-refractivity contribution in [2.24, 2.45) is 4.99 Å². The van der Waals surface area contributed by atoms with Gasteiger partial charge in [-0.15, -0.1) is 17.0 Å². The Morgan fingerprint density at radius 1 is 1.37 bits per heavy atom. The molecule has 0 fully saturated rings. The number of aliphatic imine (C=N–C) groups is 1. The summed E-state index contributed by atoms with van der Waals surface area (Å²) in [7, 11) is 3.56. The van der Waals surface area contributed by atoms with E-state index < -0.39 is 0 Å². The Labute approximate surface area is 125 Å². The summed E-state index contributed by atoms with van der Waals surface area (Å²) < 4.78 is 5.66. The van der Waals surface area contributed by atoms with Gasteiger partial charge in [-0.2, -0.15) is 0 Å². The van der Waals surface area contributed by atoms with E-state index in [-0.39, 0.29) is 22.6 Å². The minimum Gasteiger partial charge on any atom is -0.472 e. The van der Waals surface area contributed by atoms with E-state index in [1.165, 1.54) is 0 Å². The van der Waals surface area contributed by atoms with Crippen LogP contribution in [0.5, 0.6) is 5.88 Å². The zero-order valence-corrected chi connectivity index (χ0v) is 13.9. The van der Waals surface area contributed by atoms with Crippen LogP contribution < -0.4 is 15.4 Å². The maximum atomic E-state index is 5.66. The molecule has 0 radical (unpaired) electrons. The van der Waals surface area contributed by atoms with E-state index in [1.54, 1.807) is 13.2 Å². The average molecular weight is 331 g/mol. The van der Waals surface area contributed by atoms with Gasteiger partial charge in [-0.05, 0) is 26.3 Å². The smallest absolute Gasteiger partial charge is 0.213 e. The Morgan fingerprint density at radius 2 is 2.05 bits per heavy atom. The molecule has 0 aliphatic heterocycles. The molecule has 0 aromatic carbocycles. The number of pyridine rings is 1. The Hall–Kier alpha value is -1.30. The summed E-state index contributed by atoms with van der Waals surface area (Å²) in [5.41, 5.74) is 0.855. The standard InChI is InChI=1S/C13H22N4O.BrH/c1-13(2,3)18-11-7-6-10(8-16-11)9-17-12(14-4)15-5;/h6-8H,9H2,1-5H3,(H2,14,15,17);1H. The molecule has 1 rings (SSSR count). The van der Waals surface area contributed by atoms with Crippen molar-refractivity contribution in [2.75, 3.05) is 14.1 Å². The highest BCUT2D eigenvalue weighted by molar-refractivity contribution is 8.93. The van der Waals surface area contributed by atoms with Crippen LogP contribution in [0.2, 0.25) is 0 Å². The average Bonchev–Trinajstić information content (AvgIpc) is 2.30. The molecule has 108 valence electrons. The SMILES string of the molecule is Br.CN=C(NC)NCc1ccc(OC(C)(C)C)nc1. The molecule has 1 aromatic heterocycles. The summed E-state index contributed by atoms with van der Waals surface area (Å²) in [4.78, 5) is 8.31. The van der Waals surface area contributed by atoms with Crippen molar-refractivity contribution in [1.82, 2.24) is 15.6 Å². The third kappa shape index (κ3) is 7.00. The van der Waals surface area contributed by atoms with Crippen LogP contribution in [0, 0.1) is 0 Å². The molecular weight excluding hydrogens is 308 g/mol. The molecule has 2 N–H and O–H groups in total. The fourth-order valence-electron chi connectivity index (χ4n) is 1.35. The molecular formula is C13H23BrN4O. The molecule has 0 amide bonds. The third-order valence-corrected chi connectivity index (χ3v) is 2.13. The number of rotatable bonds is 3.